The number of nitrogens with two attached hydrogens (primary N) is 2. The largest absolute Gasteiger partial charge is 0.398 e. The Balaban J connectivity index is 2.25. The molecule has 0 heterocycles. The number of amides is 2. The van der Waals surface area contributed by atoms with Crippen molar-refractivity contribution in [1.82, 2.24) is 0 Å². The summed E-state index contributed by atoms with van der Waals surface area (Å²) in [6, 6.07) is 11.6. The number of nitrogen functional groups attached to an aromatic ring is 1. The smallest absolute Gasteiger partial charge is 0.257 e. The molecule has 0 unspecified atom stereocenters. The lowest BCUT2D eigenvalue weighted by atomic mass is 10.1. The van der Waals surface area contributed by atoms with Crippen LogP contribution in [0.3, 0.4) is 0 Å². The van der Waals surface area contributed by atoms with Crippen LogP contribution in [0.5, 0.6) is 0 Å². The number of carbonyl (C=O) groups excluding carboxylic acids is 2. The van der Waals surface area contributed by atoms with E-state index in [0.29, 0.717) is 21.8 Å². The average molecular weight is 304 g/mol. The van der Waals surface area contributed by atoms with Crippen molar-refractivity contribution in [3.63, 3.8) is 0 Å². The summed E-state index contributed by atoms with van der Waals surface area (Å²) in [5.74, 6) is -0.844. The van der Waals surface area contributed by atoms with Gasteiger partial charge < -0.3 is 16.8 Å². The Labute approximate surface area is 126 Å². The van der Waals surface area contributed by atoms with Gasteiger partial charge in [-0.15, -0.1) is 0 Å². The Hall–Kier alpha value is -2.53. The molecular weight excluding hydrogens is 290 g/mol. The number of nitrogens with one attached hydrogen (secondary N) is 1. The van der Waals surface area contributed by atoms with Gasteiger partial charge in [0.2, 0.25) is 5.91 Å². The number of hydrogen-bond donors (Lipinski definition) is 3. The zero-order chi connectivity index (χ0) is 15.4. The van der Waals surface area contributed by atoms with Gasteiger partial charge in [-0.05, 0) is 29.8 Å². The third-order valence-corrected chi connectivity index (χ3v) is 3.12. The molecule has 2 aromatic rings. The molecule has 5 nitrogen and oxygen atoms in total. The van der Waals surface area contributed by atoms with E-state index in [0.717, 1.165) is 0 Å². The highest BCUT2D eigenvalue weighted by Crippen LogP contribution is 2.21. The number of halogens is 1. The maximum atomic E-state index is 12.2. The van der Waals surface area contributed by atoms with Crippen molar-refractivity contribution in [2.75, 3.05) is 11.1 Å². The predicted octanol–water partition coefficient (Wildman–Crippen LogP) is 2.20. The summed E-state index contributed by atoms with van der Waals surface area (Å²) >= 11 is 5.80. The van der Waals surface area contributed by atoms with Crippen LogP contribution >= 0.6 is 11.6 Å². The molecule has 0 bridgehead atoms. The molecule has 0 fully saturated rings. The first kappa shape index (κ1) is 14.9. The van der Waals surface area contributed by atoms with Crippen LogP contribution in [0.2, 0.25) is 5.02 Å². The molecule has 6 heteroatoms. The summed E-state index contributed by atoms with van der Waals surface area (Å²) in [5.41, 5.74) is 12.7. The van der Waals surface area contributed by atoms with Crippen LogP contribution in [-0.4, -0.2) is 11.8 Å². The average Bonchev–Trinajstić information content (AvgIpc) is 2.40. The number of hydrogen-bond acceptors (Lipinski definition) is 3. The molecule has 2 aromatic carbocycles. The van der Waals surface area contributed by atoms with E-state index in [2.05, 4.69) is 5.32 Å². The Morgan fingerprint density at radius 1 is 1.14 bits per heavy atom. The highest BCUT2D eigenvalue weighted by atomic mass is 35.5. The molecule has 0 spiro atoms. The highest BCUT2D eigenvalue weighted by Gasteiger charge is 2.13. The molecule has 5 N–H and O–H groups in total. The van der Waals surface area contributed by atoms with Crippen molar-refractivity contribution in [1.29, 1.82) is 0 Å². The minimum Gasteiger partial charge on any atom is -0.398 e. The lowest BCUT2D eigenvalue weighted by Gasteiger charge is -2.11. The van der Waals surface area contributed by atoms with Crippen molar-refractivity contribution >= 4 is 34.8 Å². The van der Waals surface area contributed by atoms with Gasteiger partial charge in [0.05, 0.1) is 12.0 Å². The van der Waals surface area contributed by atoms with Gasteiger partial charge in [0, 0.05) is 16.4 Å². The number of rotatable bonds is 4. The van der Waals surface area contributed by atoms with E-state index in [9.17, 15) is 9.59 Å². The maximum Gasteiger partial charge on any atom is 0.257 e. The molecule has 0 atom stereocenters. The van der Waals surface area contributed by atoms with Crippen LogP contribution in [-0.2, 0) is 11.2 Å². The molecule has 0 aromatic heterocycles. The zero-order valence-electron chi connectivity index (χ0n) is 11.1. The lowest BCUT2D eigenvalue weighted by Crippen LogP contribution is -2.18. The van der Waals surface area contributed by atoms with Crippen LogP contribution in [0, 0.1) is 0 Å². The van der Waals surface area contributed by atoms with E-state index < -0.39 is 5.91 Å². The number of carbonyl (C=O) groups is 2. The topological polar surface area (TPSA) is 98.2 Å². The summed E-state index contributed by atoms with van der Waals surface area (Å²) in [4.78, 5) is 23.3. The normalized spacial score (nSPS) is 10.1. The molecule has 21 heavy (non-hydrogen) atoms. The third-order valence-electron chi connectivity index (χ3n) is 2.89. The van der Waals surface area contributed by atoms with Crippen molar-refractivity contribution < 1.29 is 9.59 Å². The SMILES string of the molecule is NC(=O)Cc1ccccc1NC(=O)c1ccc(Cl)cc1N. The Kier molecular flexibility index (Phi) is 4.45. The zero-order valence-corrected chi connectivity index (χ0v) is 11.9. The van der Waals surface area contributed by atoms with Gasteiger partial charge in [-0.3, -0.25) is 9.59 Å². The molecule has 2 amide bonds. The van der Waals surface area contributed by atoms with Gasteiger partial charge in [0.1, 0.15) is 0 Å². The summed E-state index contributed by atoms with van der Waals surface area (Å²) < 4.78 is 0. The Morgan fingerprint density at radius 2 is 1.86 bits per heavy atom. The number of benzene rings is 2. The standard InChI is InChI=1S/C15H14ClN3O2/c16-10-5-6-11(12(17)8-10)15(21)19-13-4-2-1-3-9(13)7-14(18)20/h1-6,8H,7,17H2,(H2,18,20)(H,19,21). The van der Waals surface area contributed by atoms with E-state index in [1.54, 1.807) is 36.4 Å². The minimum atomic E-state index is -0.470. The monoisotopic (exact) mass is 303 g/mol. The van der Waals surface area contributed by atoms with E-state index in [1.807, 2.05) is 0 Å². The van der Waals surface area contributed by atoms with Gasteiger partial charge in [-0.25, -0.2) is 0 Å². The molecule has 0 saturated heterocycles. The van der Waals surface area contributed by atoms with Crippen LogP contribution in [0.4, 0.5) is 11.4 Å². The summed E-state index contributed by atoms with van der Waals surface area (Å²) in [6.07, 6.45) is 0.0482. The van der Waals surface area contributed by atoms with Crippen molar-refractivity contribution in [3.8, 4) is 0 Å². The third kappa shape index (κ3) is 3.73. The summed E-state index contributed by atoms with van der Waals surface area (Å²) in [6.45, 7) is 0. The number of anilines is 2. The highest BCUT2D eigenvalue weighted by molar-refractivity contribution is 6.31. The lowest BCUT2D eigenvalue weighted by molar-refractivity contribution is -0.117. The fraction of sp³-hybridized carbons (Fsp3) is 0.0667. The van der Waals surface area contributed by atoms with Crippen LogP contribution in [0.1, 0.15) is 15.9 Å². The number of para-hydroxylation sites is 1. The maximum absolute atomic E-state index is 12.2. The van der Waals surface area contributed by atoms with E-state index >= 15 is 0 Å². The van der Waals surface area contributed by atoms with E-state index in [1.165, 1.54) is 6.07 Å². The second-order valence-electron chi connectivity index (χ2n) is 4.49. The van der Waals surface area contributed by atoms with Gasteiger partial charge in [0.25, 0.3) is 5.91 Å². The Morgan fingerprint density at radius 3 is 2.52 bits per heavy atom. The molecule has 0 radical (unpaired) electrons. The first-order valence-corrected chi connectivity index (χ1v) is 6.58. The van der Waals surface area contributed by atoms with Gasteiger partial charge in [-0.2, -0.15) is 0 Å². The second-order valence-corrected chi connectivity index (χ2v) is 4.92. The molecule has 0 saturated carbocycles. The first-order valence-electron chi connectivity index (χ1n) is 6.20. The van der Waals surface area contributed by atoms with Gasteiger partial charge >= 0.3 is 0 Å². The first-order chi connectivity index (χ1) is 9.97. The summed E-state index contributed by atoms with van der Waals surface area (Å²) in [5, 5.41) is 3.18. The van der Waals surface area contributed by atoms with E-state index in [-0.39, 0.29) is 18.0 Å². The molecular formula is C15H14ClN3O2. The van der Waals surface area contributed by atoms with Crippen molar-refractivity contribution in [2.45, 2.75) is 6.42 Å². The van der Waals surface area contributed by atoms with Gasteiger partial charge in [-0.1, -0.05) is 29.8 Å². The Bertz CT molecular complexity index is 701. The van der Waals surface area contributed by atoms with Crippen LogP contribution in [0.15, 0.2) is 42.5 Å². The number of primary amides is 1. The predicted molar refractivity (Wildman–Crippen MR) is 83.2 cm³/mol. The fourth-order valence-corrected chi connectivity index (χ4v) is 2.09. The summed E-state index contributed by atoms with van der Waals surface area (Å²) in [7, 11) is 0. The van der Waals surface area contributed by atoms with Crippen LogP contribution < -0.4 is 16.8 Å². The molecule has 2 rings (SSSR count). The van der Waals surface area contributed by atoms with Crippen molar-refractivity contribution in [2.24, 2.45) is 5.73 Å². The molecule has 108 valence electrons. The van der Waals surface area contributed by atoms with E-state index in [4.69, 9.17) is 23.1 Å². The molecule has 0 aliphatic heterocycles. The second kappa shape index (κ2) is 6.28. The minimum absolute atomic E-state index is 0.0482. The van der Waals surface area contributed by atoms with Gasteiger partial charge in [0.15, 0.2) is 0 Å². The van der Waals surface area contributed by atoms with Crippen molar-refractivity contribution in [3.05, 3.63) is 58.6 Å². The van der Waals surface area contributed by atoms with Crippen LogP contribution in [0.25, 0.3) is 0 Å². The molecule has 0 aliphatic rings. The quantitative estimate of drug-likeness (QED) is 0.755. The fourth-order valence-electron chi connectivity index (χ4n) is 1.91. The molecule has 0 aliphatic carbocycles.